The molecule has 1 aromatic heterocycles. The van der Waals surface area contributed by atoms with E-state index in [4.69, 9.17) is 0 Å². The maximum Gasteiger partial charge on any atom is 0.261 e. The fourth-order valence-electron chi connectivity index (χ4n) is 3.12. The van der Waals surface area contributed by atoms with Crippen molar-refractivity contribution in [1.29, 1.82) is 0 Å². The van der Waals surface area contributed by atoms with Gasteiger partial charge < -0.3 is 15.4 Å². The highest BCUT2D eigenvalue weighted by atomic mass is 16.3. The predicted molar refractivity (Wildman–Crippen MR) is 88.2 cm³/mol. The first-order chi connectivity index (χ1) is 11.1. The van der Waals surface area contributed by atoms with Crippen molar-refractivity contribution in [2.75, 3.05) is 6.61 Å². The fraction of sp³-hybridized carbons (Fsp3) is 0.333. The third kappa shape index (κ3) is 3.19. The summed E-state index contributed by atoms with van der Waals surface area (Å²) in [6, 6.07) is 12.7. The molecular formula is C18H20N2O3. The number of hydrogen-bond donors (Lipinski definition) is 3. The van der Waals surface area contributed by atoms with Gasteiger partial charge in [-0.25, -0.2) is 0 Å². The van der Waals surface area contributed by atoms with Crippen molar-refractivity contribution in [3.8, 4) is 11.3 Å². The minimum Gasteiger partial charge on any atom is -0.394 e. The standard InChI is InChI=1S/C18H20N2O3/c21-12-18(10-4-5-11-18)20-17(23)14-8-9-15(19-16(14)22)13-6-2-1-3-7-13/h1-3,6-9,21H,4-5,10-12H2,(H,19,22)(H,20,23). The zero-order valence-corrected chi connectivity index (χ0v) is 12.8. The number of benzene rings is 1. The van der Waals surface area contributed by atoms with Gasteiger partial charge in [-0.05, 0) is 30.5 Å². The number of pyridine rings is 1. The number of rotatable bonds is 4. The Morgan fingerprint density at radius 1 is 1.13 bits per heavy atom. The number of amides is 1. The van der Waals surface area contributed by atoms with Gasteiger partial charge in [-0.1, -0.05) is 43.2 Å². The van der Waals surface area contributed by atoms with Crippen LogP contribution in [0.1, 0.15) is 36.0 Å². The van der Waals surface area contributed by atoms with E-state index in [1.54, 1.807) is 6.07 Å². The number of aromatic nitrogens is 1. The van der Waals surface area contributed by atoms with Gasteiger partial charge in [0.05, 0.1) is 12.1 Å². The van der Waals surface area contributed by atoms with Crippen LogP contribution in [0.25, 0.3) is 11.3 Å². The van der Waals surface area contributed by atoms with Crippen LogP contribution in [0.4, 0.5) is 0 Å². The number of nitrogens with one attached hydrogen (secondary N) is 2. The van der Waals surface area contributed by atoms with Crippen LogP contribution in [0.5, 0.6) is 0 Å². The molecule has 0 unspecified atom stereocenters. The van der Waals surface area contributed by atoms with Crippen molar-refractivity contribution in [3.63, 3.8) is 0 Å². The molecule has 0 atom stereocenters. The van der Waals surface area contributed by atoms with Crippen LogP contribution >= 0.6 is 0 Å². The molecule has 1 amide bonds. The summed E-state index contributed by atoms with van der Waals surface area (Å²) in [5.41, 5.74) is 0.630. The quantitative estimate of drug-likeness (QED) is 0.808. The molecule has 1 saturated carbocycles. The first kappa shape index (κ1) is 15.5. The summed E-state index contributed by atoms with van der Waals surface area (Å²) in [5.74, 6) is -0.429. The molecule has 1 aromatic carbocycles. The molecule has 23 heavy (non-hydrogen) atoms. The average Bonchev–Trinajstić information content (AvgIpc) is 3.04. The lowest BCUT2D eigenvalue weighted by Crippen LogP contribution is -2.50. The molecule has 0 radical (unpaired) electrons. The molecule has 1 heterocycles. The van der Waals surface area contributed by atoms with E-state index in [-0.39, 0.29) is 12.2 Å². The first-order valence-electron chi connectivity index (χ1n) is 7.86. The van der Waals surface area contributed by atoms with Crippen LogP contribution in [0.3, 0.4) is 0 Å². The summed E-state index contributed by atoms with van der Waals surface area (Å²) in [6.07, 6.45) is 3.44. The smallest absolute Gasteiger partial charge is 0.261 e. The van der Waals surface area contributed by atoms with E-state index >= 15 is 0 Å². The Balaban J connectivity index is 1.83. The van der Waals surface area contributed by atoms with Crippen molar-refractivity contribution in [3.05, 3.63) is 58.4 Å². The molecule has 1 fully saturated rings. The first-order valence-corrected chi connectivity index (χ1v) is 7.86. The number of aliphatic hydroxyl groups excluding tert-OH is 1. The maximum atomic E-state index is 12.4. The predicted octanol–water partition coefficient (Wildman–Crippen LogP) is 2.08. The molecule has 5 nitrogen and oxygen atoms in total. The normalized spacial score (nSPS) is 16.2. The third-order valence-corrected chi connectivity index (χ3v) is 4.48. The molecule has 0 aliphatic heterocycles. The second-order valence-electron chi connectivity index (χ2n) is 6.08. The van der Waals surface area contributed by atoms with Crippen molar-refractivity contribution in [2.24, 2.45) is 0 Å². The largest absolute Gasteiger partial charge is 0.394 e. The molecule has 1 aliphatic carbocycles. The Morgan fingerprint density at radius 2 is 1.83 bits per heavy atom. The van der Waals surface area contributed by atoms with E-state index in [0.717, 1.165) is 31.2 Å². The molecule has 5 heteroatoms. The minimum atomic E-state index is -0.582. The van der Waals surface area contributed by atoms with Gasteiger partial charge in [-0.15, -0.1) is 0 Å². The Kier molecular flexibility index (Phi) is 4.30. The highest BCUT2D eigenvalue weighted by Crippen LogP contribution is 2.29. The van der Waals surface area contributed by atoms with Crippen LogP contribution in [-0.4, -0.2) is 28.1 Å². The number of aliphatic hydroxyl groups is 1. The summed E-state index contributed by atoms with van der Waals surface area (Å²) < 4.78 is 0. The van der Waals surface area contributed by atoms with Crippen molar-refractivity contribution in [2.45, 2.75) is 31.2 Å². The van der Waals surface area contributed by atoms with E-state index in [0.29, 0.717) is 5.69 Å². The van der Waals surface area contributed by atoms with Gasteiger partial charge in [0.15, 0.2) is 0 Å². The molecule has 0 saturated heterocycles. The van der Waals surface area contributed by atoms with Gasteiger partial charge in [0.2, 0.25) is 0 Å². The summed E-state index contributed by atoms with van der Waals surface area (Å²) >= 11 is 0. The topological polar surface area (TPSA) is 82.2 Å². The van der Waals surface area contributed by atoms with Gasteiger partial charge in [0, 0.05) is 5.69 Å². The Labute approximate surface area is 134 Å². The summed E-state index contributed by atoms with van der Waals surface area (Å²) in [6.45, 7) is -0.0985. The number of carbonyl (C=O) groups is 1. The average molecular weight is 312 g/mol. The number of hydrogen-bond acceptors (Lipinski definition) is 3. The molecule has 3 rings (SSSR count). The number of H-pyrrole nitrogens is 1. The Morgan fingerprint density at radius 3 is 2.43 bits per heavy atom. The van der Waals surface area contributed by atoms with Gasteiger partial charge in [-0.3, -0.25) is 9.59 Å². The number of carbonyl (C=O) groups excluding carboxylic acids is 1. The van der Waals surface area contributed by atoms with Crippen LogP contribution in [-0.2, 0) is 0 Å². The SMILES string of the molecule is O=C(NC1(CO)CCCC1)c1ccc(-c2ccccc2)[nH]c1=O. The van der Waals surface area contributed by atoms with Gasteiger partial charge in [-0.2, -0.15) is 0 Å². The van der Waals surface area contributed by atoms with Gasteiger partial charge in [0.1, 0.15) is 5.56 Å². The van der Waals surface area contributed by atoms with E-state index in [1.165, 1.54) is 6.07 Å². The molecule has 0 bridgehead atoms. The highest BCUT2D eigenvalue weighted by Gasteiger charge is 2.35. The summed E-state index contributed by atoms with van der Waals surface area (Å²) in [7, 11) is 0. The van der Waals surface area contributed by atoms with E-state index in [9.17, 15) is 14.7 Å². The second kappa shape index (κ2) is 6.38. The van der Waals surface area contributed by atoms with Crippen molar-refractivity contribution >= 4 is 5.91 Å². The fourth-order valence-corrected chi connectivity index (χ4v) is 3.12. The zero-order valence-electron chi connectivity index (χ0n) is 12.8. The van der Waals surface area contributed by atoms with E-state index in [1.807, 2.05) is 30.3 Å². The summed E-state index contributed by atoms with van der Waals surface area (Å²) in [4.78, 5) is 27.4. The van der Waals surface area contributed by atoms with Crippen LogP contribution < -0.4 is 10.9 Å². The Hall–Kier alpha value is -2.40. The molecule has 2 aromatic rings. The van der Waals surface area contributed by atoms with Gasteiger partial charge in [0.25, 0.3) is 11.5 Å². The number of aromatic amines is 1. The lowest BCUT2D eigenvalue weighted by molar-refractivity contribution is 0.0837. The summed E-state index contributed by atoms with van der Waals surface area (Å²) in [5, 5.41) is 12.4. The second-order valence-corrected chi connectivity index (χ2v) is 6.08. The lowest BCUT2D eigenvalue weighted by atomic mass is 9.98. The van der Waals surface area contributed by atoms with Crippen molar-refractivity contribution < 1.29 is 9.90 Å². The van der Waals surface area contributed by atoms with Crippen LogP contribution in [0, 0.1) is 0 Å². The maximum absolute atomic E-state index is 12.4. The Bertz CT molecular complexity index is 746. The molecule has 0 spiro atoms. The van der Waals surface area contributed by atoms with Crippen molar-refractivity contribution in [1.82, 2.24) is 10.3 Å². The van der Waals surface area contributed by atoms with E-state index in [2.05, 4.69) is 10.3 Å². The van der Waals surface area contributed by atoms with Crippen LogP contribution in [0.15, 0.2) is 47.3 Å². The monoisotopic (exact) mass is 312 g/mol. The molecule has 120 valence electrons. The minimum absolute atomic E-state index is 0.0735. The molecular weight excluding hydrogens is 292 g/mol. The van der Waals surface area contributed by atoms with Crippen LogP contribution in [0.2, 0.25) is 0 Å². The molecule has 1 aliphatic rings. The highest BCUT2D eigenvalue weighted by molar-refractivity contribution is 5.94. The van der Waals surface area contributed by atoms with Gasteiger partial charge >= 0.3 is 0 Å². The molecule has 3 N–H and O–H groups in total. The lowest BCUT2D eigenvalue weighted by Gasteiger charge is -2.27. The third-order valence-electron chi connectivity index (χ3n) is 4.48. The zero-order chi connectivity index (χ0) is 16.3. The van der Waals surface area contributed by atoms with E-state index < -0.39 is 17.0 Å².